The molecule has 0 unspecified atom stereocenters. The average Bonchev–Trinajstić information content (AvgIpc) is 3.35. The number of hydrogen-bond acceptors (Lipinski definition) is 7. The fourth-order valence-electron chi connectivity index (χ4n) is 3.40. The predicted octanol–water partition coefficient (Wildman–Crippen LogP) is 3.78. The summed E-state index contributed by atoms with van der Waals surface area (Å²) < 4.78 is 14.1. The fourth-order valence-corrected chi connectivity index (χ4v) is 4.21. The molecule has 146 valence electrons. The molecule has 0 bridgehead atoms. The molecule has 3 aromatic rings. The summed E-state index contributed by atoms with van der Waals surface area (Å²) in [5.41, 5.74) is 1.57. The summed E-state index contributed by atoms with van der Waals surface area (Å²) in [7, 11) is 0. The van der Waals surface area contributed by atoms with Crippen LogP contribution < -0.4 is 10.6 Å². The summed E-state index contributed by atoms with van der Waals surface area (Å²) in [6.07, 6.45) is 8.48. The van der Waals surface area contributed by atoms with Crippen molar-refractivity contribution in [3.63, 3.8) is 0 Å². The van der Waals surface area contributed by atoms with Gasteiger partial charge in [-0.25, -0.2) is 19.3 Å². The van der Waals surface area contributed by atoms with Gasteiger partial charge in [-0.2, -0.15) is 0 Å². The molecule has 0 aromatic carbocycles. The third-order valence-corrected chi connectivity index (χ3v) is 5.78. The normalized spacial score (nSPS) is 17.0. The standard InChI is InChI=1S/C20H23FN6S/c1-20(2,17-16(21)6-4-8-23-17)27-19-24-10-13(11-25-19)18-26-15(12-28-18)9-14-5-3-7-22-14/h4,6,8,10-12,14,22H,3,5,7,9H2,1-2H3,(H,24,25,27)/t14-/m1/s1. The van der Waals surface area contributed by atoms with Gasteiger partial charge >= 0.3 is 0 Å². The molecule has 0 radical (unpaired) electrons. The molecule has 1 fully saturated rings. The maximum atomic E-state index is 14.1. The quantitative estimate of drug-likeness (QED) is 0.658. The van der Waals surface area contributed by atoms with Crippen LogP contribution >= 0.6 is 11.3 Å². The van der Waals surface area contributed by atoms with Crippen LogP contribution in [0.1, 0.15) is 38.1 Å². The van der Waals surface area contributed by atoms with Gasteiger partial charge in [-0.15, -0.1) is 11.3 Å². The van der Waals surface area contributed by atoms with Crippen molar-refractivity contribution in [2.45, 2.75) is 44.7 Å². The third kappa shape index (κ3) is 4.18. The molecule has 4 rings (SSSR count). The van der Waals surface area contributed by atoms with Crippen LogP contribution in [0.4, 0.5) is 10.3 Å². The molecule has 28 heavy (non-hydrogen) atoms. The molecule has 1 saturated heterocycles. The van der Waals surface area contributed by atoms with Gasteiger partial charge in [-0.05, 0) is 45.4 Å². The number of anilines is 1. The van der Waals surface area contributed by atoms with E-state index in [0.29, 0.717) is 17.7 Å². The van der Waals surface area contributed by atoms with E-state index in [1.807, 2.05) is 13.8 Å². The van der Waals surface area contributed by atoms with E-state index in [1.165, 1.54) is 18.9 Å². The molecular formula is C20H23FN6S. The number of thiazole rings is 1. The van der Waals surface area contributed by atoms with Crippen LogP contribution in [-0.4, -0.2) is 32.5 Å². The topological polar surface area (TPSA) is 75.6 Å². The third-order valence-electron chi connectivity index (χ3n) is 4.84. The summed E-state index contributed by atoms with van der Waals surface area (Å²) in [4.78, 5) is 17.7. The van der Waals surface area contributed by atoms with E-state index in [2.05, 4.69) is 31.0 Å². The maximum absolute atomic E-state index is 14.1. The Morgan fingerprint density at radius 1 is 1.29 bits per heavy atom. The Bertz CT molecular complexity index is 934. The highest BCUT2D eigenvalue weighted by Gasteiger charge is 2.26. The van der Waals surface area contributed by atoms with E-state index in [1.54, 1.807) is 36.0 Å². The Kier molecular flexibility index (Phi) is 5.32. The number of hydrogen-bond donors (Lipinski definition) is 2. The molecule has 2 N–H and O–H groups in total. The van der Waals surface area contributed by atoms with Gasteiger partial charge in [0.15, 0.2) is 0 Å². The monoisotopic (exact) mass is 398 g/mol. The first kappa shape index (κ1) is 18.9. The van der Waals surface area contributed by atoms with E-state index >= 15 is 0 Å². The zero-order valence-electron chi connectivity index (χ0n) is 15.9. The van der Waals surface area contributed by atoms with Gasteiger partial charge in [-0.1, -0.05) is 0 Å². The van der Waals surface area contributed by atoms with Gasteiger partial charge in [-0.3, -0.25) is 4.98 Å². The van der Waals surface area contributed by atoms with Crippen molar-refractivity contribution in [2.75, 3.05) is 11.9 Å². The van der Waals surface area contributed by atoms with Crippen LogP contribution in [0.25, 0.3) is 10.6 Å². The zero-order chi connectivity index (χ0) is 19.6. The minimum Gasteiger partial charge on any atom is -0.344 e. The van der Waals surface area contributed by atoms with E-state index < -0.39 is 5.54 Å². The van der Waals surface area contributed by atoms with E-state index in [9.17, 15) is 4.39 Å². The number of aromatic nitrogens is 4. The van der Waals surface area contributed by atoms with Crippen LogP contribution in [0, 0.1) is 5.82 Å². The Morgan fingerprint density at radius 3 is 2.82 bits per heavy atom. The smallest absolute Gasteiger partial charge is 0.223 e. The Hall–Kier alpha value is -2.45. The molecule has 3 aromatic heterocycles. The van der Waals surface area contributed by atoms with Crippen molar-refractivity contribution >= 4 is 17.3 Å². The predicted molar refractivity (Wildman–Crippen MR) is 109 cm³/mol. The van der Waals surface area contributed by atoms with Crippen molar-refractivity contribution in [1.29, 1.82) is 0 Å². The summed E-state index contributed by atoms with van der Waals surface area (Å²) in [6.45, 7) is 4.79. The second-order valence-corrected chi connectivity index (χ2v) is 8.38. The van der Waals surface area contributed by atoms with Gasteiger partial charge in [0.05, 0.1) is 11.2 Å². The highest BCUT2D eigenvalue weighted by Crippen LogP contribution is 2.27. The molecule has 1 atom stereocenters. The van der Waals surface area contributed by atoms with Crippen LogP contribution in [0.3, 0.4) is 0 Å². The SMILES string of the molecule is CC(C)(Nc1ncc(-c2nc(C[C@H]3CCCN3)cs2)cn1)c1ncccc1F. The second kappa shape index (κ2) is 7.89. The number of halogens is 1. The first-order valence-corrected chi connectivity index (χ1v) is 10.3. The summed E-state index contributed by atoms with van der Waals surface area (Å²) in [5.74, 6) is 0.0643. The molecular weight excluding hydrogens is 375 g/mol. The van der Waals surface area contributed by atoms with Crippen molar-refractivity contribution in [3.8, 4) is 10.6 Å². The van der Waals surface area contributed by atoms with Gasteiger partial charge in [0.25, 0.3) is 0 Å². The van der Waals surface area contributed by atoms with Gasteiger partial charge in [0, 0.05) is 42.0 Å². The highest BCUT2D eigenvalue weighted by atomic mass is 32.1. The van der Waals surface area contributed by atoms with Crippen molar-refractivity contribution in [1.82, 2.24) is 25.3 Å². The number of rotatable bonds is 6. The fraction of sp³-hybridized carbons (Fsp3) is 0.400. The Morgan fingerprint density at radius 2 is 2.11 bits per heavy atom. The molecule has 0 spiro atoms. The largest absolute Gasteiger partial charge is 0.344 e. The zero-order valence-corrected chi connectivity index (χ0v) is 16.8. The summed E-state index contributed by atoms with van der Waals surface area (Å²) in [5, 5.41) is 9.68. The van der Waals surface area contributed by atoms with E-state index in [4.69, 9.17) is 4.98 Å². The lowest BCUT2D eigenvalue weighted by Gasteiger charge is -2.25. The van der Waals surface area contributed by atoms with E-state index in [-0.39, 0.29) is 5.82 Å². The molecule has 0 amide bonds. The summed E-state index contributed by atoms with van der Waals surface area (Å²) >= 11 is 1.60. The molecule has 6 nitrogen and oxygen atoms in total. The Balaban J connectivity index is 1.45. The number of pyridine rings is 1. The van der Waals surface area contributed by atoms with Crippen molar-refractivity contribution in [3.05, 3.63) is 53.3 Å². The lowest BCUT2D eigenvalue weighted by molar-refractivity contribution is 0.510. The molecule has 8 heteroatoms. The van der Waals surface area contributed by atoms with Crippen molar-refractivity contribution in [2.24, 2.45) is 0 Å². The molecule has 1 aliphatic rings. The highest BCUT2D eigenvalue weighted by molar-refractivity contribution is 7.13. The van der Waals surface area contributed by atoms with E-state index in [0.717, 1.165) is 29.2 Å². The van der Waals surface area contributed by atoms with Gasteiger partial charge < -0.3 is 10.6 Å². The molecule has 0 saturated carbocycles. The average molecular weight is 399 g/mol. The van der Waals surface area contributed by atoms with Crippen molar-refractivity contribution < 1.29 is 4.39 Å². The van der Waals surface area contributed by atoms with Crippen LogP contribution in [0.2, 0.25) is 0 Å². The maximum Gasteiger partial charge on any atom is 0.223 e. The van der Waals surface area contributed by atoms with Gasteiger partial charge in [0.1, 0.15) is 16.5 Å². The van der Waals surface area contributed by atoms with Gasteiger partial charge in [0.2, 0.25) is 5.95 Å². The lowest BCUT2D eigenvalue weighted by Crippen LogP contribution is -2.31. The summed E-state index contributed by atoms with van der Waals surface area (Å²) in [6, 6.07) is 3.51. The second-order valence-electron chi connectivity index (χ2n) is 7.52. The minimum atomic E-state index is -0.741. The molecule has 0 aliphatic carbocycles. The first-order valence-electron chi connectivity index (χ1n) is 9.41. The minimum absolute atomic E-state index is 0.327. The first-order chi connectivity index (χ1) is 13.5. The lowest BCUT2D eigenvalue weighted by atomic mass is 9.99. The molecule has 4 heterocycles. The van der Waals surface area contributed by atoms with Crippen LogP contribution in [0.5, 0.6) is 0 Å². The number of nitrogens with one attached hydrogen (secondary N) is 2. The Labute approximate surface area is 167 Å². The van der Waals surface area contributed by atoms with Crippen LogP contribution in [-0.2, 0) is 12.0 Å². The van der Waals surface area contributed by atoms with Crippen LogP contribution in [0.15, 0.2) is 36.1 Å². The number of nitrogens with zero attached hydrogens (tertiary/aromatic N) is 4. The molecule has 1 aliphatic heterocycles.